The van der Waals surface area contributed by atoms with Crippen molar-refractivity contribution in [2.45, 2.75) is 18.1 Å². The minimum atomic E-state index is -0.496. The summed E-state index contributed by atoms with van der Waals surface area (Å²) in [5, 5.41) is 0.938. The van der Waals surface area contributed by atoms with Crippen LogP contribution in [0.15, 0.2) is 52.4 Å². The molecule has 0 radical (unpaired) electrons. The Balaban J connectivity index is 1.79. The fourth-order valence-corrected chi connectivity index (χ4v) is 4.09. The van der Waals surface area contributed by atoms with E-state index in [2.05, 4.69) is 4.98 Å². The Labute approximate surface area is 201 Å². The van der Waals surface area contributed by atoms with Crippen molar-refractivity contribution >= 4 is 34.6 Å². The summed E-state index contributed by atoms with van der Waals surface area (Å²) in [6, 6.07) is 11.4. The van der Waals surface area contributed by atoms with Crippen molar-refractivity contribution in [2.24, 2.45) is 0 Å². The van der Waals surface area contributed by atoms with Crippen molar-refractivity contribution in [1.82, 2.24) is 9.55 Å². The lowest BCUT2D eigenvalue weighted by Gasteiger charge is -2.14. The molecule has 0 fully saturated rings. The average Bonchev–Trinajstić information content (AvgIpc) is 2.87. The number of rotatable bonds is 11. The Hall–Kier alpha value is -3.37. The van der Waals surface area contributed by atoms with Crippen molar-refractivity contribution < 1.29 is 28.5 Å². The minimum absolute atomic E-state index is 0.188. The molecule has 0 amide bonds. The molecule has 0 saturated carbocycles. The van der Waals surface area contributed by atoms with Crippen LogP contribution in [0.1, 0.15) is 27.1 Å². The SMILES string of the molecule is COCCCn1c(SCCOc2cccc(C(=O)OC)c2)nc2cc(C(=O)OC)ccc2c1=O. The van der Waals surface area contributed by atoms with E-state index in [1.165, 1.54) is 26.0 Å². The molecule has 0 aliphatic heterocycles. The fourth-order valence-electron chi connectivity index (χ4n) is 3.24. The van der Waals surface area contributed by atoms with Crippen LogP contribution in [0, 0.1) is 0 Å². The highest BCUT2D eigenvalue weighted by Crippen LogP contribution is 2.21. The molecule has 1 aromatic heterocycles. The molecule has 0 spiro atoms. The molecular formula is C24H26N2O7S. The molecule has 10 heteroatoms. The van der Waals surface area contributed by atoms with Crippen molar-refractivity contribution in [1.29, 1.82) is 0 Å². The fraction of sp³-hybridized carbons (Fsp3) is 0.333. The Kier molecular flexibility index (Phi) is 9.06. The van der Waals surface area contributed by atoms with Crippen LogP contribution in [-0.4, -0.2) is 61.8 Å². The lowest BCUT2D eigenvalue weighted by molar-refractivity contribution is 0.0591. The first-order chi connectivity index (χ1) is 16.5. The van der Waals surface area contributed by atoms with Gasteiger partial charge in [0, 0.05) is 26.0 Å². The molecular weight excluding hydrogens is 460 g/mol. The summed E-state index contributed by atoms with van der Waals surface area (Å²) in [7, 11) is 4.23. The van der Waals surface area contributed by atoms with Crippen LogP contribution in [0.5, 0.6) is 5.75 Å². The second-order valence-corrected chi connectivity index (χ2v) is 8.20. The molecule has 9 nitrogen and oxygen atoms in total. The highest BCUT2D eigenvalue weighted by atomic mass is 32.2. The van der Waals surface area contributed by atoms with Gasteiger partial charge in [-0.15, -0.1) is 0 Å². The van der Waals surface area contributed by atoms with Crippen molar-refractivity contribution in [3.63, 3.8) is 0 Å². The number of carbonyl (C=O) groups is 2. The maximum atomic E-state index is 13.2. The lowest BCUT2D eigenvalue weighted by Crippen LogP contribution is -2.24. The van der Waals surface area contributed by atoms with E-state index in [0.717, 1.165) is 0 Å². The molecule has 0 N–H and O–H groups in total. The molecule has 0 unspecified atom stereocenters. The van der Waals surface area contributed by atoms with Gasteiger partial charge in [0.25, 0.3) is 5.56 Å². The number of thioether (sulfide) groups is 1. The number of methoxy groups -OCH3 is 3. The summed E-state index contributed by atoms with van der Waals surface area (Å²) in [6.07, 6.45) is 0.647. The largest absolute Gasteiger partial charge is 0.493 e. The van der Waals surface area contributed by atoms with Gasteiger partial charge in [-0.3, -0.25) is 9.36 Å². The normalized spacial score (nSPS) is 10.8. The average molecular weight is 487 g/mol. The van der Waals surface area contributed by atoms with E-state index in [9.17, 15) is 14.4 Å². The summed E-state index contributed by atoms with van der Waals surface area (Å²) in [4.78, 5) is 41.4. The van der Waals surface area contributed by atoms with Gasteiger partial charge in [-0.25, -0.2) is 14.6 Å². The molecule has 34 heavy (non-hydrogen) atoms. The smallest absolute Gasteiger partial charge is 0.337 e. The maximum Gasteiger partial charge on any atom is 0.337 e. The van der Waals surface area contributed by atoms with E-state index >= 15 is 0 Å². The van der Waals surface area contributed by atoms with Crippen LogP contribution in [0.3, 0.4) is 0 Å². The molecule has 1 heterocycles. The number of esters is 2. The third-order valence-electron chi connectivity index (χ3n) is 4.91. The van der Waals surface area contributed by atoms with Gasteiger partial charge >= 0.3 is 11.9 Å². The second kappa shape index (κ2) is 12.2. The minimum Gasteiger partial charge on any atom is -0.493 e. The zero-order valence-corrected chi connectivity index (χ0v) is 20.1. The number of aromatic nitrogens is 2. The molecule has 0 saturated heterocycles. The summed E-state index contributed by atoms with van der Waals surface area (Å²) in [5.41, 5.74) is 0.956. The van der Waals surface area contributed by atoms with E-state index < -0.39 is 11.9 Å². The van der Waals surface area contributed by atoms with Gasteiger partial charge < -0.3 is 18.9 Å². The molecule has 0 aliphatic rings. The predicted molar refractivity (Wildman–Crippen MR) is 128 cm³/mol. The van der Waals surface area contributed by atoms with E-state index in [1.54, 1.807) is 54.1 Å². The maximum absolute atomic E-state index is 13.2. The number of nitrogens with zero attached hydrogens (tertiary/aromatic N) is 2. The number of hydrogen-bond acceptors (Lipinski definition) is 9. The monoisotopic (exact) mass is 486 g/mol. The van der Waals surface area contributed by atoms with Gasteiger partial charge in [-0.05, 0) is 42.8 Å². The van der Waals surface area contributed by atoms with Crippen molar-refractivity contribution in [3.8, 4) is 5.75 Å². The van der Waals surface area contributed by atoms with Crippen LogP contribution in [0.2, 0.25) is 0 Å². The van der Waals surface area contributed by atoms with Crippen LogP contribution in [-0.2, 0) is 20.8 Å². The van der Waals surface area contributed by atoms with E-state index in [-0.39, 0.29) is 5.56 Å². The van der Waals surface area contributed by atoms with Gasteiger partial charge in [0.15, 0.2) is 5.16 Å². The van der Waals surface area contributed by atoms with Crippen LogP contribution in [0.25, 0.3) is 10.9 Å². The van der Waals surface area contributed by atoms with Crippen molar-refractivity contribution in [2.75, 3.05) is 40.3 Å². The quantitative estimate of drug-likeness (QED) is 0.175. The van der Waals surface area contributed by atoms with Crippen LogP contribution >= 0.6 is 11.8 Å². The summed E-state index contributed by atoms with van der Waals surface area (Å²) < 4.78 is 22.0. The van der Waals surface area contributed by atoms with Gasteiger partial charge in [-0.1, -0.05) is 17.8 Å². The van der Waals surface area contributed by atoms with Crippen LogP contribution < -0.4 is 10.3 Å². The lowest BCUT2D eigenvalue weighted by atomic mass is 10.1. The number of fused-ring (bicyclic) bond motifs is 1. The summed E-state index contributed by atoms with van der Waals surface area (Å²) in [5.74, 6) is 0.105. The van der Waals surface area contributed by atoms with Gasteiger partial charge in [0.1, 0.15) is 5.75 Å². The molecule has 2 aromatic carbocycles. The number of ether oxygens (including phenoxy) is 4. The molecule has 0 bridgehead atoms. The third kappa shape index (κ3) is 6.15. The Morgan fingerprint density at radius 1 is 0.971 bits per heavy atom. The van der Waals surface area contributed by atoms with Gasteiger partial charge in [0.05, 0.1) is 42.9 Å². The Morgan fingerprint density at radius 2 is 1.71 bits per heavy atom. The van der Waals surface area contributed by atoms with Gasteiger partial charge in [-0.2, -0.15) is 0 Å². The van der Waals surface area contributed by atoms with Gasteiger partial charge in [0.2, 0.25) is 0 Å². The summed E-state index contributed by atoms with van der Waals surface area (Å²) >= 11 is 1.37. The van der Waals surface area contributed by atoms with E-state index in [0.29, 0.717) is 64.9 Å². The Bertz CT molecular complexity index is 1230. The standard InChI is InChI=1S/C24H26N2O7S/c1-30-11-5-10-26-21(27)19-9-8-17(23(29)32-3)15-20(19)25-24(26)34-13-12-33-18-7-4-6-16(14-18)22(28)31-2/h4,6-9,14-15H,5,10-13H2,1-3H3. The number of carbonyl (C=O) groups excluding carboxylic acids is 2. The van der Waals surface area contributed by atoms with E-state index in [4.69, 9.17) is 18.9 Å². The van der Waals surface area contributed by atoms with Crippen LogP contribution in [0.4, 0.5) is 0 Å². The molecule has 180 valence electrons. The van der Waals surface area contributed by atoms with Crippen molar-refractivity contribution in [3.05, 3.63) is 63.9 Å². The molecule has 0 aliphatic carbocycles. The first kappa shape index (κ1) is 25.3. The first-order valence-corrected chi connectivity index (χ1v) is 11.5. The molecule has 3 aromatic rings. The first-order valence-electron chi connectivity index (χ1n) is 10.5. The Morgan fingerprint density at radius 3 is 2.41 bits per heavy atom. The number of hydrogen-bond donors (Lipinski definition) is 0. The zero-order valence-electron chi connectivity index (χ0n) is 19.2. The topological polar surface area (TPSA) is 106 Å². The predicted octanol–water partition coefficient (Wildman–Crippen LogP) is 3.18. The zero-order chi connectivity index (χ0) is 24.5. The molecule has 3 rings (SSSR count). The summed E-state index contributed by atoms with van der Waals surface area (Å²) in [6.45, 7) is 1.28. The third-order valence-corrected chi connectivity index (χ3v) is 5.85. The van der Waals surface area contributed by atoms with E-state index in [1.807, 2.05) is 0 Å². The second-order valence-electron chi connectivity index (χ2n) is 7.14. The molecule has 0 atom stereocenters. The highest BCUT2D eigenvalue weighted by molar-refractivity contribution is 7.99. The number of benzene rings is 2. The highest BCUT2D eigenvalue weighted by Gasteiger charge is 2.14.